The number of halogens is 3. The van der Waals surface area contributed by atoms with Crippen molar-refractivity contribution in [3.05, 3.63) is 214 Å². The maximum absolute atomic E-state index is 15.1. The molecule has 13 heteroatoms. The molecule has 0 N–H and O–H groups in total. The molecule has 2 aromatic heterocycles. The highest BCUT2D eigenvalue weighted by Gasteiger charge is 2.35. The molecule has 9 aromatic carbocycles. The molecule has 350 valence electrons. The third-order valence-electron chi connectivity index (χ3n) is 13.6. The highest BCUT2D eigenvalue weighted by Crippen LogP contribution is 2.46. The van der Waals surface area contributed by atoms with Crippen LogP contribution in [0, 0.1) is 90.6 Å². The van der Waals surface area contributed by atoms with Crippen molar-refractivity contribution in [2.24, 2.45) is 0 Å². The Hall–Kier alpha value is -11.7. The zero-order valence-corrected chi connectivity index (χ0v) is 39.2. The van der Waals surface area contributed by atoms with Crippen LogP contribution in [0.5, 0.6) is 0 Å². The zero-order chi connectivity index (χ0) is 53.0. The van der Waals surface area contributed by atoms with Crippen LogP contribution in [-0.2, 0) is 6.18 Å². The first-order valence-electron chi connectivity index (χ1n) is 23.1. The van der Waals surface area contributed by atoms with E-state index in [0.29, 0.717) is 77.6 Å². The van der Waals surface area contributed by atoms with E-state index >= 15 is 13.2 Å². The van der Waals surface area contributed by atoms with E-state index in [0.717, 1.165) is 16.8 Å². The number of hydrogen-bond donors (Lipinski definition) is 0. The number of hydrogen-bond acceptors (Lipinski definition) is 8. The Labute approximate surface area is 430 Å². The fourth-order valence-electron chi connectivity index (χ4n) is 10.4. The van der Waals surface area contributed by atoms with Crippen molar-refractivity contribution in [1.82, 2.24) is 9.13 Å². The first-order chi connectivity index (χ1) is 36.9. The number of rotatable bonds is 6. The summed E-state index contributed by atoms with van der Waals surface area (Å²) in [6.45, 7) is 0. The van der Waals surface area contributed by atoms with Crippen LogP contribution in [0.4, 0.5) is 13.2 Å². The highest BCUT2D eigenvalue weighted by molar-refractivity contribution is 6.13. The van der Waals surface area contributed by atoms with E-state index in [4.69, 9.17) is 0 Å². The molecule has 0 unspecified atom stereocenters. The minimum Gasteiger partial charge on any atom is -0.309 e. The van der Waals surface area contributed by atoms with Gasteiger partial charge in [0.15, 0.2) is 0 Å². The minimum absolute atomic E-state index is 0.139. The second kappa shape index (κ2) is 18.2. The van der Waals surface area contributed by atoms with Crippen LogP contribution in [-0.4, -0.2) is 9.13 Å². The Morgan fingerprint density at radius 3 is 1.20 bits per heavy atom. The van der Waals surface area contributed by atoms with Crippen molar-refractivity contribution in [1.29, 1.82) is 42.1 Å². The average molecular weight is 981 g/mol. The van der Waals surface area contributed by atoms with E-state index in [-0.39, 0.29) is 55.6 Å². The number of fused-ring (bicyclic) bond motifs is 6. The SMILES string of the molecule is N#Cc1cc(C#N)c(-c2ccc3c(c2)c2ccccc2n3-c2ccc(-c3ccc(C#N)cc3C(F)(F)F)cc2-c2ccc(C#N)cc2-n2c3ccccc3c3cc(-c4c(C#N)cc(C#N)cc4C#N)ccc32)c(C#N)c1. The molecular weight excluding hydrogens is 954 g/mol. The number of para-hydroxylation sites is 2. The van der Waals surface area contributed by atoms with E-state index in [9.17, 15) is 42.1 Å². The van der Waals surface area contributed by atoms with Crippen LogP contribution in [0.1, 0.15) is 50.1 Å². The molecule has 0 radical (unpaired) electrons. The highest BCUT2D eigenvalue weighted by atomic mass is 19.4. The summed E-state index contributed by atoms with van der Waals surface area (Å²) >= 11 is 0. The van der Waals surface area contributed by atoms with E-state index < -0.39 is 11.7 Å². The van der Waals surface area contributed by atoms with Crippen molar-refractivity contribution in [3.63, 3.8) is 0 Å². The topological polar surface area (TPSA) is 200 Å². The van der Waals surface area contributed by atoms with Crippen LogP contribution in [0.3, 0.4) is 0 Å². The average Bonchev–Trinajstić information content (AvgIpc) is 4.00. The lowest BCUT2D eigenvalue weighted by atomic mass is 9.92. The van der Waals surface area contributed by atoms with Gasteiger partial charge in [-0.15, -0.1) is 0 Å². The van der Waals surface area contributed by atoms with Crippen LogP contribution in [0.15, 0.2) is 164 Å². The Kier molecular flexibility index (Phi) is 11.1. The molecule has 76 heavy (non-hydrogen) atoms. The summed E-state index contributed by atoms with van der Waals surface area (Å²) in [5, 5.41) is 83.5. The van der Waals surface area contributed by atoms with Crippen molar-refractivity contribution >= 4 is 43.6 Å². The van der Waals surface area contributed by atoms with Gasteiger partial charge in [0.05, 0.1) is 132 Å². The number of nitrogens with zero attached hydrogens (tertiary/aromatic N) is 10. The molecule has 2 heterocycles. The third-order valence-corrected chi connectivity index (χ3v) is 13.6. The first-order valence-corrected chi connectivity index (χ1v) is 23.1. The van der Waals surface area contributed by atoms with Gasteiger partial charge in [-0.3, -0.25) is 0 Å². The van der Waals surface area contributed by atoms with Gasteiger partial charge in [-0.05, 0) is 119 Å². The molecule has 10 nitrogen and oxygen atoms in total. The molecule has 0 spiro atoms. The number of nitriles is 8. The Bertz CT molecular complexity index is 4680. The number of benzene rings is 9. The fraction of sp³-hybridized carbons (Fsp3) is 0.0159. The zero-order valence-electron chi connectivity index (χ0n) is 39.2. The van der Waals surface area contributed by atoms with E-state index in [1.165, 1.54) is 36.4 Å². The predicted molar refractivity (Wildman–Crippen MR) is 280 cm³/mol. The normalized spacial score (nSPS) is 11.0. The maximum Gasteiger partial charge on any atom is 0.417 e. The molecule has 0 atom stereocenters. The lowest BCUT2D eigenvalue weighted by Gasteiger charge is -2.21. The summed E-state index contributed by atoms with van der Waals surface area (Å²) < 4.78 is 49.1. The summed E-state index contributed by atoms with van der Waals surface area (Å²) in [5.74, 6) is 0. The number of alkyl halides is 3. The van der Waals surface area contributed by atoms with Crippen LogP contribution in [0.2, 0.25) is 0 Å². The molecule has 0 aliphatic heterocycles. The van der Waals surface area contributed by atoms with Gasteiger partial charge in [0.1, 0.15) is 0 Å². The molecule has 0 saturated heterocycles. The van der Waals surface area contributed by atoms with Crippen LogP contribution >= 0.6 is 0 Å². The minimum atomic E-state index is -4.85. The first kappa shape index (κ1) is 46.7. The summed E-state index contributed by atoms with van der Waals surface area (Å²) in [7, 11) is 0. The Balaban J connectivity index is 1.23. The summed E-state index contributed by atoms with van der Waals surface area (Å²) in [5.41, 5.74) is 6.44. The van der Waals surface area contributed by atoms with Gasteiger partial charge in [0.25, 0.3) is 0 Å². The van der Waals surface area contributed by atoms with Crippen LogP contribution < -0.4 is 0 Å². The van der Waals surface area contributed by atoms with Gasteiger partial charge >= 0.3 is 6.18 Å². The van der Waals surface area contributed by atoms with E-state index in [2.05, 4.69) is 30.3 Å². The summed E-state index contributed by atoms with van der Waals surface area (Å²) in [6.07, 6.45) is -4.85. The van der Waals surface area contributed by atoms with Gasteiger partial charge in [0, 0.05) is 43.8 Å². The van der Waals surface area contributed by atoms with Crippen molar-refractivity contribution < 1.29 is 13.2 Å². The number of aromatic nitrogens is 2. The van der Waals surface area contributed by atoms with Gasteiger partial charge in [0.2, 0.25) is 0 Å². The molecule has 0 aliphatic carbocycles. The third kappa shape index (κ3) is 7.44. The quantitative estimate of drug-likeness (QED) is 0.157. The van der Waals surface area contributed by atoms with E-state index in [1.54, 1.807) is 48.5 Å². The largest absolute Gasteiger partial charge is 0.417 e. The molecule has 11 rings (SSSR count). The van der Waals surface area contributed by atoms with Gasteiger partial charge < -0.3 is 9.13 Å². The smallest absolute Gasteiger partial charge is 0.309 e. The summed E-state index contributed by atoms with van der Waals surface area (Å²) in [4.78, 5) is 0. The van der Waals surface area contributed by atoms with Crippen LogP contribution in [0.25, 0.3) is 99.5 Å². The molecule has 0 amide bonds. The lowest BCUT2D eigenvalue weighted by Crippen LogP contribution is -2.08. The van der Waals surface area contributed by atoms with Crippen molar-refractivity contribution in [3.8, 4) is 104 Å². The molecular formula is C63H27F3N10. The van der Waals surface area contributed by atoms with Crippen molar-refractivity contribution in [2.75, 3.05) is 0 Å². The molecule has 0 aliphatic rings. The molecule has 0 saturated carbocycles. The Morgan fingerprint density at radius 1 is 0.316 bits per heavy atom. The Morgan fingerprint density at radius 2 is 0.737 bits per heavy atom. The second-order valence-electron chi connectivity index (χ2n) is 17.7. The summed E-state index contributed by atoms with van der Waals surface area (Å²) in [6, 6.07) is 62.1. The molecule has 0 fully saturated rings. The lowest BCUT2D eigenvalue weighted by molar-refractivity contribution is -0.137. The fourth-order valence-corrected chi connectivity index (χ4v) is 10.4. The van der Waals surface area contributed by atoms with Gasteiger partial charge in [-0.25, -0.2) is 0 Å². The predicted octanol–water partition coefficient (Wildman–Crippen LogP) is 14.5. The maximum atomic E-state index is 15.1. The molecule has 0 bridgehead atoms. The van der Waals surface area contributed by atoms with Gasteiger partial charge in [-0.2, -0.15) is 55.3 Å². The monoisotopic (exact) mass is 980 g/mol. The van der Waals surface area contributed by atoms with Gasteiger partial charge in [-0.1, -0.05) is 66.7 Å². The standard InChI is InChI=1S/C63H27F3N10/c64-63(65,66)54-23-36(28-67)9-14-47(54)40-11-16-57(75-55-7-3-1-5-48(55)52-26-41(12-17-58(52)75)61-43(32-71)19-38(30-69)20-44(61)33-72)51(25-40)50-15-10-37(29-68)24-60(50)76-56-8-4-2-6-49(56)53-27-42(13-18-59(53)76)62-45(34-73)21-39(31-70)22-46(62)35-74/h1-27H. The molecule has 11 aromatic rings. The second-order valence-corrected chi connectivity index (χ2v) is 17.7. The van der Waals surface area contributed by atoms with E-state index in [1.807, 2.05) is 100 Å². The van der Waals surface area contributed by atoms with Crippen molar-refractivity contribution in [2.45, 2.75) is 6.18 Å².